The molecular weight excluding hydrogens is 431 g/mol. The number of aromatic nitrogens is 2. The molecule has 1 aromatic carbocycles. The van der Waals surface area contributed by atoms with Crippen molar-refractivity contribution in [3.8, 4) is 0 Å². The van der Waals surface area contributed by atoms with Crippen LogP contribution in [0.5, 0.6) is 0 Å². The number of β-amino-alcohol motifs (C(OH)–C–C–N with tert-alkyl or cyclic N) is 1. The summed E-state index contributed by atoms with van der Waals surface area (Å²) in [5.41, 5.74) is -0.455. The van der Waals surface area contributed by atoms with Crippen LogP contribution in [0.1, 0.15) is 30.5 Å². The number of aliphatic hydroxyl groups is 2. The molecule has 30 heavy (non-hydrogen) atoms. The Morgan fingerprint density at radius 3 is 2.70 bits per heavy atom. The monoisotopic (exact) mass is 452 g/mol. The fourth-order valence-electron chi connectivity index (χ4n) is 4.28. The van der Waals surface area contributed by atoms with Crippen molar-refractivity contribution in [3.63, 3.8) is 0 Å². The summed E-state index contributed by atoms with van der Waals surface area (Å²) < 4.78 is 26.3. The lowest BCUT2D eigenvalue weighted by atomic mass is 9.77. The minimum atomic E-state index is -1.22. The van der Waals surface area contributed by atoms with Crippen LogP contribution in [0.15, 0.2) is 23.1 Å². The van der Waals surface area contributed by atoms with E-state index < -0.39 is 27.8 Å². The Labute approximate surface area is 180 Å². The molecule has 7 nitrogen and oxygen atoms in total. The molecule has 5 rings (SSSR count). The van der Waals surface area contributed by atoms with E-state index in [0.717, 1.165) is 25.0 Å². The third-order valence-electron chi connectivity index (χ3n) is 6.32. The highest BCUT2D eigenvalue weighted by atomic mass is 35.5. The summed E-state index contributed by atoms with van der Waals surface area (Å²) in [6.07, 6.45) is 3.28. The minimum absolute atomic E-state index is 0.0120. The highest BCUT2D eigenvalue weighted by Crippen LogP contribution is 2.40. The maximum absolute atomic E-state index is 13.8. The zero-order chi connectivity index (χ0) is 21.1. The lowest BCUT2D eigenvalue weighted by Crippen LogP contribution is -2.60. The van der Waals surface area contributed by atoms with Crippen molar-refractivity contribution in [1.29, 1.82) is 0 Å². The highest BCUT2D eigenvalue weighted by Gasteiger charge is 2.45. The Morgan fingerprint density at radius 2 is 2.07 bits per heavy atom. The summed E-state index contributed by atoms with van der Waals surface area (Å²) in [6, 6.07) is 4.30. The molecule has 160 valence electrons. The number of nitrogens with zero attached hydrogens (tertiary/aromatic N) is 3. The van der Waals surface area contributed by atoms with Crippen LogP contribution in [-0.4, -0.2) is 55.4 Å². The van der Waals surface area contributed by atoms with Gasteiger partial charge in [0.05, 0.1) is 46.8 Å². The third kappa shape index (κ3) is 3.19. The van der Waals surface area contributed by atoms with Crippen LogP contribution in [0.3, 0.4) is 0 Å². The van der Waals surface area contributed by atoms with Gasteiger partial charge in [-0.25, -0.2) is 9.37 Å². The number of anilines is 2. The number of aliphatic hydroxyl groups excluding tert-OH is 1. The summed E-state index contributed by atoms with van der Waals surface area (Å²) in [7, 11) is -1.17. The van der Waals surface area contributed by atoms with Crippen molar-refractivity contribution in [3.05, 3.63) is 40.3 Å². The minimum Gasteiger partial charge on any atom is -0.394 e. The number of hydrogen-bond donors (Lipinski definition) is 3. The van der Waals surface area contributed by atoms with E-state index in [-0.39, 0.29) is 24.7 Å². The van der Waals surface area contributed by atoms with Crippen molar-refractivity contribution >= 4 is 34.2 Å². The Morgan fingerprint density at radius 1 is 1.30 bits per heavy atom. The van der Waals surface area contributed by atoms with E-state index in [0.29, 0.717) is 34.4 Å². The smallest absolute Gasteiger partial charge is 0.227 e. The highest BCUT2D eigenvalue weighted by molar-refractivity contribution is 7.85. The van der Waals surface area contributed by atoms with Crippen molar-refractivity contribution in [2.75, 3.05) is 35.7 Å². The summed E-state index contributed by atoms with van der Waals surface area (Å²) in [4.78, 5) is 11.6. The molecule has 3 N–H and O–H groups in total. The van der Waals surface area contributed by atoms with E-state index in [4.69, 9.17) is 11.6 Å². The standard InChI is InChI=1S/C20H22ClFN4O3S/c21-13-3-2-12(8-14(13)22)20(28)9-26(10-20)18-23-15-4-7-30(29)16(15)17(24-18)25-19(11-27)5-1-6-19/h2-3,8,27-28H,1,4-7,9-11H2,(H,23,24,25). The van der Waals surface area contributed by atoms with E-state index in [1.165, 1.54) is 12.1 Å². The van der Waals surface area contributed by atoms with Crippen LogP contribution in [-0.2, 0) is 22.8 Å². The van der Waals surface area contributed by atoms with Crippen molar-refractivity contribution in [2.24, 2.45) is 0 Å². The van der Waals surface area contributed by atoms with Gasteiger partial charge in [-0.2, -0.15) is 4.98 Å². The van der Waals surface area contributed by atoms with Gasteiger partial charge in [0.2, 0.25) is 5.95 Å². The largest absolute Gasteiger partial charge is 0.394 e. The maximum atomic E-state index is 13.8. The first kappa shape index (κ1) is 20.1. The molecule has 0 bridgehead atoms. The van der Waals surface area contributed by atoms with Gasteiger partial charge in [0, 0.05) is 12.2 Å². The first-order valence-electron chi connectivity index (χ1n) is 9.94. The van der Waals surface area contributed by atoms with Gasteiger partial charge >= 0.3 is 0 Å². The second kappa shape index (κ2) is 7.12. The average molecular weight is 453 g/mol. The van der Waals surface area contributed by atoms with Crippen molar-refractivity contribution in [2.45, 2.75) is 41.7 Å². The zero-order valence-electron chi connectivity index (χ0n) is 16.2. The van der Waals surface area contributed by atoms with Crippen LogP contribution in [0.2, 0.25) is 5.02 Å². The molecule has 0 radical (unpaired) electrons. The number of rotatable bonds is 5. The fourth-order valence-corrected chi connectivity index (χ4v) is 5.71. The van der Waals surface area contributed by atoms with E-state index in [1.54, 1.807) is 6.07 Å². The van der Waals surface area contributed by atoms with Gasteiger partial charge < -0.3 is 20.4 Å². The van der Waals surface area contributed by atoms with Crippen LogP contribution >= 0.6 is 11.6 Å². The second-order valence-electron chi connectivity index (χ2n) is 8.38. The van der Waals surface area contributed by atoms with Gasteiger partial charge in [0.25, 0.3) is 0 Å². The SMILES string of the molecule is O=S1CCc2nc(N3CC(O)(c4ccc(Cl)c(F)c4)C3)nc(NC3(CO)CCC3)c21. The normalized spacial score (nSPS) is 23.5. The summed E-state index contributed by atoms with van der Waals surface area (Å²) in [6.45, 7) is 0.403. The molecule has 1 aromatic heterocycles. The van der Waals surface area contributed by atoms with Crippen molar-refractivity contribution in [1.82, 2.24) is 9.97 Å². The van der Waals surface area contributed by atoms with Crippen LogP contribution in [0, 0.1) is 5.82 Å². The quantitative estimate of drug-likeness (QED) is 0.637. The molecule has 1 saturated carbocycles. The van der Waals surface area contributed by atoms with Gasteiger partial charge in [0.15, 0.2) is 0 Å². The van der Waals surface area contributed by atoms with Crippen LogP contribution < -0.4 is 10.2 Å². The summed E-state index contributed by atoms with van der Waals surface area (Å²) in [5.74, 6) is 0.871. The zero-order valence-corrected chi connectivity index (χ0v) is 17.8. The maximum Gasteiger partial charge on any atom is 0.227 e. The molecule has 1 saturated heterocycles. The number of benzene rings is 1. The molecule has 1 unspecified atom stereocenters. The Kier molecular flexibility index (Phi) is 4.77. The predicted molar refractivity (Wildman–Crippen MR) is 112 cm³/mol. The van der Waals surface area contributed by atoms with Crippen molar-refractivity contribution < 1.29 is 18.8 Å². The third-order valence-corrected chi connectivity index (χ3v) is 8.08. The number of hydrogen-bond acceptors (Lipinski definition) is 7. The number of aryl methyl sites for hydroxylation is 1. The lowest BCUT2D eigenvalue weighted by molar-refractivity contribution is 0.00624. The van der Waals surface area contributed by atoms with Crippen LogP contribution in [0.25, 0.3) is 0 Å². The molecule has 1 atom stereocenters. The van der Waals surface area contributed by atoms with Crippen LogP contribution in [0.4, 0.5) is 16.2 Å². The molecule has 2 aliphatic heterocycles. The van der Waals surface area contributed by atoms with Gasteiger partial charge in [-0.1, -0.05) is 17.7 Å². The van der Waals surface area contributed by atoms with Gasteiger partial charge in [-0.15, -0.1) is 0 Å². The van der Waals surface area contributed by atoms with Gasteiger partial charge in [0.1, 0.15) is 22.1 Å². The van der Waals surface area contributed by atoms with Gasteiger partial charge in [-0.05, 0) is 37.0 Å². The molecule has 1 aliphatic carbocycles. The predicted octanol–water partition coefficient (Wildman–Crippen LogP) is 1.97. The molecule has 0 spiro atoms. The number of nitrogens with one attached hydrogen (secondary N) is 1. The first-order chi connectivity index (χ1) is 14.3. The molecule has 3 heterocycles. The topological polar surface area (TPSA) is 98.6 Å². The number of halogens is 2. The second-order valence-corrected chi connectivity index (χ2v) is 10.3. The molecule has 0 amide bonds. The molecular formula is C20H22ClFN4O3S. The van der Waals surface area contributed by atoms with E-state index in [2.05, 4.69) is 15.3 Å². The Balaban J connectivity index is 1.42. The van der Waals surface area contributed by atoms with E-state index >= 15 is 0 Å². The average Bonchev–Trinajstić information content (AvgIpc) is 3.05. The Bertz CT molecular complexity index is 1040. The summed E-state index contributed by atoms with van der Waals surface area (Å²) in [5, 5.41) is 24.1. The molecule has 2 fully saturated rings. The fraction of sp³-hybridized carbons (Fsp3) is 0.500. The van der Waals surface area contributed by atoms with Gasteiger partial charge in [-0.3, -0.25) is 4.21 Å². The lowest BCUT2D eigenvalue weighted by Gasteiger charge is -2.47. The summed E-state index contributed by atoms with van der Waals surface area (Å²) >= 11 is 5.74. The first-order valence-corrected chi connectivity index (χ1v) is 11.6. The Hall–Kier alpha value is -1.81. The molecule has 2 aromatic rings. The van der Waals surface area contributed by atoms with E-state index in [1.807, 2.05) is 4.90 Å². The van der Waals surface area contributed by atoms with E-state index in [9.17, 15) is 18.8 Å². The number of fused-ring (bicyclic) bond motifs is 1. The molecule has 10 heteroatoms. The molecule has 3 aliphatic rings.